The molecule has 0 aliphatic carbocycles. The zero-order valence-corrected chi connectivity index (χ0v) is 50.6. The standard InChI is InChI=1S/C62H90FN11O10S/c1-70(27-7-8-36-83-55-21-14-48(15-22-55)16-25-57(75)74(28-9-35-79-3)59(50-10-5-4-6-11-50)60(77)64-45-49-12-17-51(63)18-13-49)33-38-81-41-40-80-37-26-53-46-73(69-68-53)34-39-82-42-43-84-56-23-19-52(20-24-56)65-61(78)67-62-66-54(47-85-62)44-58(76)72-31-29-71(2)30-32-72/h4-6,10-15,17-24,53-54,59,62,66,68-69H,7-9,16,25-47H2,1-3H3,(H,64,77)(H2,65,67,78). The summed E-state index contributed by atoms with van der Waals surface area (Å²) in [6, 6.07) is 29.5. The van der Waals surface area contributed by atoms with Crippen molar-refractivity contribution in [3.8, 4) is 11.5 Å². The summed E-state index contributed by atoms with van der Waals surface area (Å²) in [4.78, 5) is 61.2. The van der Waals surface area contributed by atoms with Crippen LogP contribution in [0.1, 0.15) is 61.3 Å². The molecule has 23 heteroatoms. The third-order valence-electron chi connectivity index (χ3n) is 14.8. The molecule has 3 saturated heterocycles. The van der Waals surface area contributed by atoms with Crippen LogP contribution < -0.4 is 41.7 Å². The highest BCUT2D eigenvalue weighted by Gasteiger charge is 2.32. The van der Waals surface area contributed by atoms with E-state index in [0.29, 0.717) is 102 Å². The summed E-state index contributed by atoms with van der Waals surface area (Å²) < 4.78 is 48.2. The molecule has 3 heterocycles. The maximum absolute atomic E-state index is 14.0. The smallest absolute Gasteiger partial charge is 0.321 e. The Balaban J connectivity index is 0.648. The number of rotatable bonds is 38. The van der Waals surface area contributed by atoms with Gasteiger partial charge in [0.1, 0.15) is 35.5 Å². The van der Waals surface area contributed by atoms with Crippen molar-refractivity contribution in [3.63, 3.8) is 0 Å². The van der Waals surface area contributed by atoms with Crippen molar-refractivity contribution in [2.24, 2.45) is 0 Å². The molecule has 0 radical (unpaired) electrons. The van der Waals surface area contributed by atoms with Crippen LogP contribution in [0.5, 0.6) is 11.5 Å². The lowest BCUT2D eigenvalue weighted by Gasteiger charge is -2.33. The van der Waals surface area contributed by atoms with Gasteiger partial charge in [-0.3, -0.25) is 19.7 Å². The first-order valence-corrected chi connectivity index (χ1v) is 30.9. The van der Waals surface area contributed by atoms with Gasteiger partial charge in [-0.25, -0.2) is 19.6 Å². The van der Waals surface area contributed by atoms with Gasteiger partial charge in [-0.15, -0.1) is 11.8 Å². The third kappa shape index (κ3) is 24.7. The molecule has 0 spiro atoms. The molecule has 5 amide bonds. The van der Waals surface area contributed by atoms with Gasteiger partial charge in [0.15, 0.2) is 0 Å². The van der Waals surface area contributed by atoms with E-state index in [2.05, 4.69) is 61.1 Å². The molecule has 0 bridgehead atoms. The van der Waals surface area contributed by atoms with E-state index >= 15 is 0 Å². The van der Waals surface area contributed by atoms with Gasteiger partial charge in [-0.2, -0.15) is 5.53 Å². The number of carbonyl (C=O) groups is 4. The predicted molar refractivity (Wildman–Crippen MR) is 327 cm³/mol. The zero-order valence-electron chi connectivity index (χ0n) is 49.8. The van der Waals surface area contributed by atoms with Gasteiger partial charge in [0.05, 0.1) is 39.6 Å². The lowest BCUT2D eigenvalue weighted by Crippen LogP contribution is -2.49. The monoisotopic (exact) mass is 1200 g/mol. The zero-order chi connectivity index (χ0) is 59.9. The van der Waals surface area contributed by atoms with Gasteiger partial charge >= 0.3 is 6.03 Å². The lowest BCUT2D eigenvalue weighted by atomic mass is 10.0. The second-order valence-electron chi connectivity index (χ2n) is 21.6. The highest BCUT2D eigenvalue weighted by atomic mass is 32.2. The second kappa shape index (κ2) is 37.6. The van der Waals surface area contributed by atoms with Crippen LogP contribution in [0, 0.1) is 5.82 Å². The van der Waals surface area contributed by atoms with E-state index in [1.54, 1.807) is 48.0 Å². The van der Waals surface area contributed by atoms with Crippen molar-refractivity contribution in [1.29, 1.82) is 0 Å². The minimum atomic E-state index is -0.842. The minimum Gasteiger partial charge on any atom is -0.494 e. The fourth-order valence-electron chi connectivity index (χ4n) is 9.86. The number of unbranched alkanes of at least 4 members (excludes halogenated alkanes) is 1. The number of aryl methyl sites for hydroxylation is 1. The van der Waals surface area contributed by atoms with E-state index in [4.69, 9.17) is 28.4 Å². The summed E-state index contributed by atoms with van der Waals surface area (Å²) in [7, 11) is 5.78. The molecule has 6 N–H and O–H groups in total. The number of anilines is 1. The number of hydrogen-bond donors (Lipinski definition) is 6. The largest absolute Gasteiger partial charge is 0.494 e. The molecule has 3 aliphatic rings. The fraction of sp³-hybridized carbons (Fsp3) is 0.548. The Morgan fingerprint density at radius 3 is 2.18 bits per heavy atom. The average molecular weight is 1200 g/mol. The SMILES string of the molecule is COCCCN(C(=O)CCc1ccc(OCCCCN(C)CCOCCOCCC2CN(CCOCCOc3ccc(NC(=O)NC4NC(CC(=O)N5CCN(C)CC5)CS4)cc3)NN2)cc1)C(C(=O)NCc1ccc(F)cc1)c1ccccc1. The van der Waals surface area contributed by atoms with E-state index < -0.39 is 6.04 Å². The van der Waals surface area contributed by atoms with Crippen LogP contribution in [0.2, 0.25) is 0 Å². The summed E-state index contributed by atoms with van der Waals surface area (Å²) >= 11 is 1.59. The summed E-state index contributed by atoms with van der Waals surface area (Å²) in [5.74, 6) is 1.60. The number of amides is 5. The Hall–Kier alpha value is -5.96. The highest BCUT2D eigenvalue weighted by molar-refractivity contribution is 8.00. The van der Waals surface area contributed by atoms with Crippen LogP contribution in [-0.4, -0.2) is 211 Å². The van der Waals surface area contributed by atoms with Crippen LogP contribution in [0.3, 0.4) is 0 Å². The average Bonchev–Trinajstić information content (AvgIpc) is 4.22. The highest BCUT2D eigenvalue weighted by Crippen LogP contribution is 2.25. The Kier molecular flexibility index (Phi) is 29.4. The summed E-state index contributed by atoms with van der Waals surface area (Å²) in [5, 5.41) is 14.2. The Morgan fingerprint density at radius 2 is 1.42 bits per heavy atom. The van der Waals surface area contributed by atoms with Crippen LogP contribution in [0.4, 0.5) is 14.9 Å². The van der Waals surface area contributed by atoms with Crippen LogP contribution in [0.15, 0.2) is 103 Å². The van der Waals surface area contributed by atoms with Crippen molar-refractivity contribution in [1.82, 2.24) is 51.5 Å². The molecular weight excluding hydrogens is 1110 g/mol. The number of nitrogens with zero attached hydrogens (tertiary/aromatic N) is 5. The number of ether oxygens (including phenoxy) is 6. The second-order valence-corrected chi connectivity index (χ2v) is 22.7. The van der Waals surface area contributed by atoms with E-state index in [0.717, 1.165) is 94.2 Å². The topological polar surface area (TPSA) is 212 Å². The molecule has 21 nitrogen and oxygen atoms in total. The Bertz CT molecular complexity index is 2560. The Morgan fingerprint density at radius 1 is 0.729 bits per heavy atom. The molecule has 0 aromatic heterocycles. The quantitative estimate of drug-likeness (QED) is 0.0316. The summed E-state index contributed by atoms with van der Waals surface area (Å²) in [6.45, 7) is 12.0. The number of halogens is 1. The van der Waals surface area contributed by atoms with E-state index in [9.17, 15) is 23.6 Å². The van der Waals surface area contributed by atoms with Crippen molar-refractivity contribution in [2.45, 2.75) is 75.1 Å². The molecule has 0 saturated carbocycles. The number of likely N-dealkylation sites (N-methyl/N-ethyl adjacent to an activating group) is 2. The first-order chi connectivity index (χ1) is 41.5. The molecule has 4 unspecified atom stereocenters. The summed E-state index contributed by atoms with van der Waals surface area (Å²) in [5.41, 5.74) is 9.39. The number of methoxy groups -OCH3 is 1. The van der Waals surface area contributed by atoms with Gasteiger partial charge in [0, 0.05) is 116 Å². The van der Waals surface area contributed by atoms with E-state index in [1.807, 2.05) is 71.6 Å². The van der Waals surface area contributed by atoms with Gasteiger partial charge in [0.25, 0.3) is 0 Å². The number of hydrogen-bond acceptors (Lipinski definition) is 17. The first-order valence-electron chi connectivity index (χ1n) is 29.9. The fourth-order valence-corrected chi connectivity index (χ4v) is 11.0. The number of nitrogens with one attached hydrogen (secondary N) is 6. The minimum absolute atomic E-state index is 0.0252. The van der Waals surface area contributed by atoms with Crippen LogP contribution in [-0.2, 0) is 46.3 Å². The van der Waals surface area contributed by atoms with Crippen molar-refractivity contribution >= 4 is 41.2 Å². The molecule has 85 heavy (non-hydrogen) atoms. The Labute approximate surface area is 505 Å². The molecule has 466 valence electrons. The van der Waals surface area contributed by atoms with Crippen LogP contribution >= 0.6 is 11.8 Å². The molecule has 7 rings (SSSR count). The van der Waals surface area contributed by atoms with E-state index in [-0.39, 0.29) is 60.1 Å². The number of urea groups is 1. The maximum atomic E-state index is 14.0. The first kappa shape index (κ1) is 66.6. The van der Waals surface area contributed by atoms with Gasteiger partial charge in [-0.05, 0) is 118 Å². The number of benzene rings is 4. The normalized spacial score (nSPS) is 17.7. The molecule has 4 aromatic carbocycles. The predicted octanol–water partition coefficient (Wildman–Crippen LogP) is 5.26. The lowest BCUT2D eigenvalue weighted by molar-refractivity contribution is -0.141. The summed E-state index contributed by atoms with van der Waals surface area (Å²) in [6.07, 6.45) is 4.49. The molecule has 3 fully saturated rings. The number of carbonyl (C=O) groups excluding carboxylic acids is 4. The molecule has 4 atom stereocenters. The molecule has 3 aliphatic heterocycles. The van der Waals surface area contributed by atoms with E-state index in [1.165, 1.54) is 12.1 Å². The van der Waals surface area contributed by atoms with Gasteiger partial charge in [0.2, 0.25) is 17.7 Å². The maximum Gasteiger partial charge on any atom is 0.321 e. The number of hydrazine groups is 2. The van der Waals surface area contributed by atoms with Crippen molar-refractivity contribution in [2.75, 3.05) is 151 Å². The van der Waals surface area contributed by atoms with Crippen molar-refractivity contribution in [3.05, 3.63) is 126 Å². The van der Waals surface area contributed by atoms with Crippen molar-refractivity contribution < 1.29 is 52.0 Å². The van der Waals surface area contributed by atoms with Crippen LogP contribution in [0.25, 0.3) is 0 Å². The number of thioether (sulfide) groups is 1. The molecule has 4 aromatic rings. The number of piperazine rings is 1. The van der Waals surface area contributed by atoms with Gasteiger partial charge in [-0.1, -0.05) is 54.6 Å². The van der Waals surface area contributed by atoms with Gasteiger partial charge < -0.3 is 64.0 Å². The molecular formula is C62H90FN11O10S. The third-order valence-corrected chi connectivity index (χ3v) is 16.0.